The summed E-state index contributed by atoms with van der Waals surface area (Å²) in [4.78, 5) is 12.3. The van der Waals surface area contributed by atoms with Crippen LogP contribution in [0.15, 0.2) is 47.4 Å². The molecule has 0 aliphatic rings. The van der Waals surface area contributed by atoms with E-state index in [1.54, 1.807) is 30.0 Å². The number of hydrogen-bond donors (Lipinski definition) is 1. The van der Waals surface area contributed by atoms with Crippen molar-refractivity contribution < 1.29 is 17.9 Å². The van der Waals surface area contributed by atoms with Gasteiger partial charge in [-0.05, 0) is 49.7 Å². The number of fused-ring (bicyclic) bond motifs is 1. The summed E-state index contributed by atoms with van der Waals surface area (Å²) in [5.41, 5.74) is 2.12. The van der Waals surface area contributed by atoms with Crippen molar-refractivity contribution in [2.24, 2.45) is 0 Å². The van der Waals surface area contributed by atoms with Crippen LogP contribution >= 0.6 is 0 Å². The number of ether oxygens (including phenoxy) is 1. The van der Waals surface area contributed by atoms with Crippen LogP contribution in [0.3, 0.4) is 0 Å². The summed E-state index contributed by atoms with van der Waals surface area (Å²) in [6.07, 6.45) is 0. The molecule has 0 saturated heterocycles. The van der Waals surface area contributed by atoms with Crippen LogP contribution in [0.5, 0.6) is 5.75 Å². The molecule has 1 N–H and O–H groups in total. The molecule has 0 radical (unpaired) electrons. The zero-order valence-corrected chi connectivity index (χ0v) is 18.2. The summed E-state index contributed by atoms with van der Waals surface area (Å²) < 4.78 is 33.6. The maximum atomic E-state index is 12.9. The number of carbonyl (C=O) groups is 1. The molecule has 9 nitrogen and oxygen atoms in total. The second-order valence-electron chi connectivity index (χ2n) is 7.16. The Morgan fingerprint density at radius 3 is 2.53 bits per heavy atom. The molecule has 0 bridgehead atoms. The third kappa shape index (κ3) is 4.60. The van der Waals surface area contributed by atoms with Gasteiger partial charge in [0.15, 0.2) is 0 Å². The lowest BCUT2D eigenvalue weighted by Gasteiger charge is -2.17. The first kappa shape index (κ1) is 21.7. The fourth-order valence-electron chi connectivity index (χ4n) is 2.93. The van der Waals surface area contributed by atoms with Gasteiger partial charge in [-0.1, -0.05) is 17.3 Å². The Kier molecular flexibility index (Phi) is 6.37. The molecule has 0 saturated carbocycles. The standard InChI is InChI=1S/C20H25N5O4S/c1-14(2)25-19-10-9-17(11-18(19)22-23-25)30(27,28)24(3)13-20(26)21-12-15-5-7-16(29-4)8-6-15/h5-11,14H,12-13H2,1-4H3,(H,21,26). The molecule has 0 unspecified atom stereocenters. The fraction of sp³-hybridized carbons (Fsp3) is 0.350. The maximum Gasteiger partial charge on any atom is 0.243 e. The topological polar surface area (TPSA) is 106 Å². The molecule has 160 valence electrons. The average molecular weight is 432 g/mol. The monoisotopic (exact) mass is 431 g/mol. The first-order valence-electron chi connectivity index (χ1n) is 9.43. The van der Waals surface area contributed by atoms with Gasteiger partial charge >= 0.3 is 0 Å². The van der Waals surface area contributed by atoms with Crippen molar-refractivity contribution in [1.82, 2.24) is 24.6 Å². The molecule has 10 heteroatoms. The third-order valence-electron chi connectivity index (χ3n) is 4.65. The largest absolute Gasteiger partial charge is 0.497 e. The van der Waals surface area contributed by atoms with Gasteiger partial charge in [0, 0.05) is 19.6 Å². The summed E-state index contributed by atoms with van der Waals surface area (Å²) in [5.74, 6) is 0.324. The van der Waals surface area contributed by atoms with Crippen molar-refractivity contribution in [3.63, 3.8) is 0 Å². The van der Waals surface area contributed by atoms with Gasteiger partial charge in [0.05, 0.1) is 24.1 Å². The first-order valence-corrected chi connectivity index (χ1v) is 10.9. The predicted octanol–water partition coefficient (Wildman–Crippen LogP) is 1.96. The van der Waals surface area contributed by atoms with Crippen LogP contribution in [0, 0.1) is 0 Å². The molecule has 0 aliphatic carbocycles. The highest BCUT2D eigenvalue weighted by atomic mass is 32.2. The van der Waals surface area contributed by atoms with Gasteiger partial charge in [0.1, 0.15) is 11.3 Å². The lowest BCUT2D eigenvalue weighted by molar-refractivity contribution is -0.121. The van der Waals surface area contributed by atoms with E-state index in [2.05, 4.69) is 15.6 Å². The van der Waals surface area contributed by atoms with Gasteiger partial charge in [-0.25, -0.2) is 13.1 Å². The van der Waals surface area contributed by atoms with Crippen LogP contribution in [-0.2, 0) is 21.4 Å². The second kappa shape index (κ2) is 8.80. The minimum atomic E-state index is -3.85. The van der Waals surface area contributed by atoms with Gasteiger partial charge in [-0.15, -0.1) is 5.10 Å². The molecule has 0 fully saturated rings. The number of hydrogen-bond acceptors (Lipinski definition) is 6. The highest BCUT2D eigenvalue weighted by molar-refractivity contribution is 7.89. The number of nitrogens with zero attached hydrogens (tertiary/aromatic N) is 4. The van der Waals surface area contributed by atoms with Crippen LogP contribution in [0.1, 0.15) is 25.5 Å². The zero-order valence-electron chi connectivity index (χ0n) is 17.4. The van der Waals surface area contributed by atoms with E-state index in [9.17, 15) is 13.2 Å². The van der Waals surface area contributed by atoms with Crippen molar-refractivity contribution in [1.29, 1.82) is 0 Å². The molecular weight excluding hydrogens is 406 g/mol. The number of carbonyl (C=O) groups excluding carboxylic acids is 1. The Labute approximate surface area is 175 Å². The van der Waals surface area contributed by atoms with E-state index in [0.29, 0.717) is 12.1 Å². The summed E-state index contributed by atoms with van der Waals surface area (Å²) in [5, 5.41) is 10.8. The quantitative estimate of drug-likeness (QED) is 0.584. The van der Waals surface area contributed by atoms with Gasteiger partial charge < -0.3 is 10.1 Å². The Balaban J connectivity index is 1.66. The number of amides is 1. The van der Waals surface area contributed by atoms with Crippen LogP contribution in [0.4, 0.5) is 0 Å². The van der Waals surface area contributed by atoms with Gasteiger partial charge in [0.25, 0.3) is 0 Å². The first-order chi connectivity index (χ1) is 14.2. The van der Waals surface area contributed by atoms with E-state index in [0.717, 1.165) is 21.1 Å². The lowest BCUT2D eigenvalue weighted by Crippen LogP contribution is -2.38. The van der Waals surface area contributed by atoms with E-state index in [4.69, 9.17) is 4.74 Å². The van der Waals surface area contributed by atoms with Crippen molar-refractivity contribution in [3.8, 4) is 5.75 Å². The second-order valence-corrected chi connectivity index (χ2v) is 9.21. The fourth-order valence-corrected chi connectivity index (χ4v) is 4.08. The molecular formula is C20H25N5O4S. The summed E-state index contributed by atoms with van der Waals surface area (Å²) in [7, 11) is -0.896. The maximum absolute atomic E-state index is 12.9. The van der Waals surface area contributed by atoms with Crippen molar-refractivity contribution in [2.75, 3.05) is 20.7 Å². The number of nitrogens with one attached hydrogen (secondary N) is 1. The number of sulfonamides is 1. The zero-order chi connectivity index (χ0) is 21.9. The van der Waals surface area contributed by atoms with Gasteiger partial charge in [-0.3, -0.25) is 4.79 Å². The summed E-state index contributed by atoms with van der Waals surface area (Å²) >= 11 is 0. The van der Waals surface area contributed by atoms with E-state index in [1.165, 1.54) is 19.2 Å². The molecule has 2 aromatic carbocycles. The number of benzene rings is 2. The minimum Gasteiger partial charge on any atom is -0.497 e. The van der Waals surface area contributed by atoms with Crippen LogP contribution in [0.2, 0.25) is 0 Å². The van der Waals surface area contributed by atoms with E-state index in [1.807, 2.05) is 26.0 Å². The normalized spacial score (nSPS) is 11.9. The van der Waals surface area contributed by atoms with Crippen molar-refractivity contribution >= 4 is 27.0 Å². The third-order valence-corrected chi connectivity index (χ3v) is 6.45. The number of methoxy groups -OCH3 is 1. The smallest absolute Gasteiger partial charge is 0.243 e. The summed E-state index contributed by atoms with van der Waals surface area (Å²) in [6, 6.07) is 12.0. The van der Waals surface area contributed by atoms with Crippen LogP contribution < -0.4 is 10.1 Å². The Morgan fingerprint density at radius 1 is 1.20 bits per heavy atom. The minimum absolute atomic E-state index is 0.0660. The van der Waals surface area contributed by atoms with Crippen molar-refractivity contribution in [2.45, 2.75) is 31.3 Å². The molecule has 0 spiro atoms. The average Bonchev–Trinajstić information content (AvgIpc) is 3.16. The predicted molar refractivity (Wildman–Crippen MR) is 113 cm³/mol. The van der Waals surface area contributed by atoms with E-state index < -0.39 is 15.9 Å². The van der Waals surface area contributed by atoms with Gasteiger partial charge in [0.2, 0.25) is 15.9 Å². The van der Waals surface area contributed by atoms with E-state index >= 15 is 0 Å². The number of rotatable bonds is 8. The Hall–Kier alpha value is -2.98. The van der Waals surface area contributed by atoms with Crippen molar-refractivity contribution in [3.05, 3.63) is 48.0 Å². The van der Waals surface area contributed by atoms with Crippen LogP contribution in [0.25, 0.3) is 11.0 Å². The molecule has 3 aromatic rings. The molecule has 1 aromatic heterocycles. The molecule has 0 atom stereocenters. The molecule has 30 heavy (non-hydrogen) atoms. The van der Waals surface area contributed by atoms with Gasteiger partial charge in [-0.2, -0.15) is 4.31 Å². The highest BCUT2D eigenvalue weighted by Gasteiger charge is 2.24. The molecule has 3 rings (SSSR count). The Bertz CT molecular complexity index is 1140. The molecule has 0 aliphatic heterocycles. The number of likely N-dealkylation sites (N-methyl/N-ethyl adjacent to an activating group) is 1. The Morgan fingerprint density at radius 2 is 1.90 bits per heavy atom. The van der Waals surface area contributed by atoms with E-state index in [-0.39, 0.29) is 17.5 Å². The van der Waals surface area contributed by atoms with Crippen LogP contribution in [-0.4, -0.2) is 54.3 Å². The number of aromatic nitrogens is 3. The molecule has 1 amide bonds. The molecule has 1 heterocycles. The SMILES string of the molecule is COc1ccc(CNC(=O)CN(C)S(=O)(=O)c2ccc3c(c2)nnn3C(C)C)cc1. The highest BCUT2D eigenvalue weighted by Crippen LogP contribution is 2.21. The summed E-state index contributed by atoms with van der Waals surface area (Å²) in [6.45, 7) is 3.93. The lowest BCUT2D eigenvalue weighted by atomic mass is 10.2.